The molecule has 0 saturated carbocycles. The molecule has 94 valence electrons. The number of aromatic nitrogens is 2. The average molecular weight is 243 g/mol. The largest absolute Gasteiger partial charge is 0.352 e. The van der Waals surface area contributed by atoms with Gasteiger partial charge in [0, 0.05) is 18.5 Å². The van der Waals surface area contributed by atoms with Gasteiger partial charge in [0.1, 0.15) is 5.82 Å². The number of hydrogen-bond acceptors (Lipinski definition) is 2. The molecule has 18 heavy (non-hydrogen) atoms. The first-order valence-electron chi connectivity index (χ1n) is 6.04. The lowest BCUT2D eigenvalue weighted by atomic mass is 10.3. The number of imidazole rings is 1. The van der Waals surface area contributed by atoms with Crippen molar-refractivity contribution in [2.45, 2.75) is 19.8 Å². The third kappa shape index (κ3) is 2.97. The van der Waals surface area contributed by atoms with Crippen LogP contribution in [0.25, 0.3) is 11.0 Å². The van der Waals surface area contributed by atoms with Gasteiger partial charge in [-0.1, -0.05) is 18.7 Å². The first-order chi connectivity index (χ1) is 8.66. The van der Waals surface area contributed by atoms with Crippen LogP contribution in [0.3, 0.4) is 0 Å². The third-order valence-electron chi connectivity index (χ3n) is 2.70. The Labute approximate surface area is 106 Å². The highest BCUT2D eigenvalue weighted by molar-refractivity contribution is 5.92. The summed E-state index contributed by atoms with van der Waals surface area (Å²) in [6, 6.07) is 7.95. The van der Waals surface area contributed by atoms with Crippen molar-refractivity contribution in [3.63, 3.8) is 0 Å². The van der Waals surface area contributed by atoms with E-state index < -0.39 is 0 Å². The van der Waals surface area contributed by atoms with Gasteiger partial charge in [0.25, 0.3) is 0 Å². The highest BCUT2D eigenvalue weighted by Crippen LogP contribution is 2.10. The minimum Gasteiger partial charge on any atom is -0.352 e. The SMILES string of the molecule is C=C(C)C(=O)NCCCc1nc2ccccc2[nH]1. The second-order valence-electron chi connectivity index (χ2n) is 4.34. The number of nitrogens with one attached hydrogen (secondary N) is 2. The number of benzene rings is 1. The van der Waals surface area contributed by atoms with Crippen molar-refractivity contribution < 1.29 is 4.79 Å². The molecule has 0 spiro atoms. The van der Waals surface area contributed by atoms with E-state index >= 15 is 0 Å². The van der Waals surface area contributed by atoms with Gasteiger partial charge in [-0.25, -0.2) is 4.98 Å². The molecule has 1 heterocycles. The predicted molar refractivity (Wildman–Crippen MR) is 72.2 cm³/mol. The summed E-state index contributed by atoms with van der Waals surface area (Å²) in [4.78, 5) is 19.0. The molecule has 4 nitrogen and oxygen atoms in total. The van der Waals surface area contributed by atoms with Crippen LogP contribution < -0.4 is 5.32 Å². The van der Waals surface area contributed by atoms with Crippen LogP contribution in [0.4, 0.5) is 0 Å². The van der Waals surface area contributed by atoms with Crippen LogP contribution in [0.15, 0.2) is 36.4 Å². The van der Waals surface area contributed by atoms with Crippen LogP contribution in [-0.4, -0.2) is 22.4 Å². The minimum atomic E-state index is -0.0837. The Morgan fingerprint density at radius 1 is 1.44 bits per heavy atom. The third-order valence-corrected chi connectivity index (χ3v) is 2.70. The Balaban J connectivity index is 1.83. The molecule has 2 rings (SSSR count). The number of nitrogens with zero attached hydrogens (tertiary/aromatic N) is 1. The van der Waals surface area contributed by atoms with Gasteiger partial charge in [-0.2, -0.15) is 0 Å². The molecular weight excluding hydrogens is 226 g/mol. The Morgan fingerprint density at radius 3 is 2.94 bits per heavy atom. The summed E-state index contributed by atoms with van der Waals surface area (Å²) in [5.41, 5.74) is 2.58. The average Bonchev–Trinajstić information content (AvgIpc) is 2.76. The summed E-state index contributed by atoms with van der Waals surface area (Å²) in [6.45, 7) is 5.93. The molecule has 1 amide bonds. The maximum Gasteiger partial charge on any atom is 0.246 e. The topological polar surface area (TPSA) is 57.8 Å². The van der Waals surface area contributed by atoms with Crippen LogP contribution in [-0.2, 0) is 11.2 Å². The lowest BCUT2D eigenvalue weighted by molar-refractivity contribution is -0.117. The van der Waals surface area contributed by atoms with E-state index in [1.165, 1.54) is 0 Å². The normalized spacial score (nSPS) is 10.5. The lowest BCUT2D eigenvalue weighted by Crippen LogP contribution is -2.25. The monoisotopic (exact) mass is 243 g/mol. The van der Waals surface area contributed by atoms with Gasteiger partial charge in [-0.15, -0.1) is 0 Å². The Morgan fingerprint density at radius 2 is 2.22 bits per heavy atom. The van der Waals surface area contributed by atoms with E-state index in [0.717, 1.165) is 29.7 Å². The molecule has 0 aliphatic carbocycles. The number of amides is 1. The zero-order valence-electron chi connectivity index (χ0n) is 10.5. The summed E-state index contributed by atoms with van der Waals surface area (Å²) in [6.07, 6.45) is 1.68. The number of carbonyl (C=O) groups is 1. The van der Waals surface area contributed by atoms with E-state index in [9.17, 15) is 4.79 Å². The maximum atomic E-state index is 11.3. The van der Waals surface area contributed by atoms with Gasteiger partial charge in [0.2, 0.25) is 5.91 Å². The second-order valence-corrected chi connectivity index (χ2v) is 4.34. The summed E-state index contributed by atoms with van der Waals surface area (Å²) >= 11 is 0. The van der Waals surface area contributed by atoms with Crippen LogP contribution in [0.1, 0.15) is 19.2 Å². The molecule has 0 atom stereocenters. The Hall–Kier alpha value is -2.10. The first kappa shape index (κ1) is 12.4. The highest BCUT2D eigenvalue weighted by Gasteiger charge is 2.03. The molecule has 2 N–H and O–H groups in total. The van der Waals surface area contributed by atoms with Crippen molar-refractivity contribution >= 4 is 16.9 Å². The fraction of sp³-hybridized carbons (Fsp3) is 0.286. The van der Waals surface area contributed by atoms with Gasteiger partial charge in [-0.05, 0) is 25.5 Å². The lowest BCUT2D eigenvalue weighted by Gasteiger charge is -2.02. The quantitative estimate of drug-likeness (QED) is 0.624. The maximum absolute atomic E-state index is 11.3. The number of aromatic amines is 1. The summed E-state index contributed by atoms with van der Waals surface area (Å²) in [5, 5.41) is 2.81. The number of carbonyl (C=O) groups excluding carboxylic acids is 1. The first-order valence-corrected chi connectivity index (χ1v) is 6.04. The Bertz CT molecular complexity index is 538. The van der Waals surface area contributed by atoms with Crippen molar-refractivity contribution in [1.82, 2.24) is 15.3 Å². The molecular formula is C14H17N3O. The van der Waals surface area contributed by atoms with Crippen molar-refractivity contribution in [3.05, 3.63) is 42.2 Å². The number of para-hydroxylation sites is 2. The molecule has 0 bridgehead atoms. The molecule has 1 aromatic heterocycles. The molecule has 0 radical (unpaired) electrons. The molecule has 2 aromatic rings. The van der Waals surface area contributed by atoms with Crippen LogP contribution in [0.5, 0.6) is 0 Å². The van der Waals surface area contributed by atoms with Gasteiger partial charge in [0.05, 0.1) is 11.0 Å². The fourth-order valence-corrected chi connectivity index (χ4v) is 1.73. The molecule has 0 unspecified atom stereocenters. The second kappa shape index (κ2) is 5.49. The standard InChI is InChI=1S/C14H17N3O/c1-10(2)14(18)15-9-5-8-13-16-11-6-3-4-7-12(11)17-13/h3-4,6-7H,1,5,8-9H2,2H3,(H,15,18)(H,16,17). The van der Waals surface area contributed by atoms with Crippen LogP contribution in [0.2, 0.25) is 0 Å². The molecule has 1 aromatic carbocycles. The van der Waals surface area contributed by atoms with E-state index in [4.69, 9.17) is 0 Å². The molecule has 0 aliphatic rings. The number of rotatable bonds is 5. The molecule has 0 aliphatic heterocycles. The van der Waals surface area contributed by atoms with Crippen LogP contribution in [0, 0.1) is 0 Å². The number of hydrogen-bond donors (Lipinski definition) is 2. The van der Waals surface area contributed by atoms with E-state index in [1.807, 2.05) is 24.3 Å². The summed E-state index contributed by atoms with van der Waals surface area (Å²) in [7, 11) is 0. The number of fused-ring (bicyclic) bond motifs is 1. The number of aryl methyl sites for hydroxylation is 1. The molecule has 4 heteroatoms. The van der Waals surface area contributed by atoms with E-state index in [0.29, 0.717) is 12.1 Å². The van der Waals surface area contributed by atoms with E-state index in [-0.39, 0.29) is 5.91 Å². The van der Waals surface area contributed by atoms with Gasteiger partial charge in [0.15, 0.2) is 0 Å². The smallest absolute Gasteiger partial charge is 0.246 e. The van der Waals surface area contributed by atoms with E-state index in [2.05, 4.69) is 21.9 Å². The van der Waals surface area contributed by atoms with Gasteiger partial charge >= 0.3 is 0 Å². The van der Waals surface area contributed by atoms with Crippen molar-refractivity contribution in [2.24, 2.45) is 0 Å². The van der Waals surface area contributed by atoms with Gasteiger partial charge in [-0.3, -0.25) is 4.79 Å². The summed E-state index contributed by atoms with van der Waals surface area (Å²) in [5.74, 6) is 0.875. The molecule has 0 saturated heterocycles. The predicted octanol–water partition coefficient (Wildman–Crippen LogP) is 2.19. The zero-order valence-corrected chi connectivity index (χ0v) is 10.5. The zero-order chi connectivity index (χ0) is 13.0. The van der Waals surface area contributed by atoms with Crippen molar-refractivity contribution in [1.29, 1.82) is 0 Å². The van der Waals surface area contributed by atoms with Crippen molar-refractivity contribution in [2.75, 3.05) is 6.54 Å². The van der Waals surface area contributed by atoms with Crippen LogP contribution >= 0.6 is 0 Å². The molecule has 0 fully saturated rings. The fourth-order valence-electron chi connectivity index (χ4n) is 1.73. The van der Waals surface area contributed by atoms with Gasteiger partial charge < -0.3 is 10.3 Å². The highest BCUT2D eigenvalue weighted by atomic mass is 16.1. The summed E-state index contributed by atoms with van der Waals surface area (Å²) < 4.78 is 0. The Kier molecular flexibility index (Phi) is 3.77. The van der Waals surface area contributed by atoms with Crippen molar-refractivity contribution in [3.8, 4) is 0 Å². The minimum absolute atomic E-state index is 0.0837. The number of H-pyrrole nitrogens is 1. The van der Waals surface area contributed by atoms with E-state index in [1.54, 1.807) is 6.92 Å².